The van der Waals surface area contributed by atoms with Crippen LogP contribution in [0.15, 0.2) is 23.3 Å². The lowest BCUT2D eigenvalue weighted by Gasteiger charge is -2.61. The Kier molecular flexibility index (Phi) is 11.2. The number of aliphatic hydroxyl groups excluding tert-OH is 7. The second-order valence-corrected chi connectivity index (χ2v) is 13.8. The molecule has 11 heteroatoms. The first-order valence-corrected chi connectivity index (χ1v) is 15.8. The van der Waals surface area contributed by atoms with Crippen molar-refractivity contribution in [3.8, 4) is 0 Å². The summed E-state index contributed by atoms with van der Waals surface area (Å²) in [5, 5.41) is 71.8. The van der Waals surface area contributed by atoms with Gasteiger partial charge in [0.2, 0.25) is 0 Å². The van der Waals surface area contributed by atoms with Gasteiger partial charge in [0.1, 0.15) is 42.7 Å². The molecule has 0 aromatic carbocycles. The van der Waals surface area contributed by atoms with E-state index in [1.54, 1.807) is 6.92 Å². The molecule has 11 nitrogen and oxygen atoms in total. The first-order valence-electron chi connectivity index (χ1n) is 15.8. The highest BCUT2D eigenvalue weighted by atomic mass is 16.7. The van der Waals surface area contributed by atoms with Crippen LogP contribution >= 0.6 is 0 Å². The van der Waals surface area contributed by atoms with E-state index in [2.05, 4.69) is 40.7 Å². The highest BCUT2D eigenvalue weighted by Gasteiger charge is 2.59. The average Bonchev–Trinajstić information content (AvgIpc) is 2.97. The standard InChI is InChI=1S/C32H54O11/c1-16(11-13-33)10-12-31(5)18(3)14-22(32(6)17(2)8-7-9-21(31)32)42-29-27(39)25(37)28(19(4)40-29)43-30-26(38)24(36)23(35)20(15-34)41-30/h8,11,18-30,33-39H,7,9-10,12-15H2,1-6H3/b16-11+/t18-,19+,20-,21-,22+,23-,24+,25+,26-,27-,28+,29+,30+,31+,32+/m1/s1. The zero-order valence-corrected chi connectivity index (χ0v) is 26.4. The summed E-state index contributed by atoms with van der Waals surface area (Å²) in [6.45, 7) is 12.2. The monoisotopic (exact) mass is 614 g/mol. The predicted octanol–water partition coefficient (Wildman–Crippen LogP) is 1.15. The molecule has 4 rings (SSSR count). The van der Waals surface area contributed by atoms with E-state index < -0.39 is 68.0 Å². The number of rotatable bonds is 9. The van der Waals surface area contributed by atoms with Gasteiger partial charge >= 0.3 is 0 Å². The molecule has 0 aromatic heterocycles. The fourth-order valence-electron chi connectivity index (χ4n) is 8.08. The van der Waals surface area contributed by atoms with E-state index in [4.69, 9.17) is 18.9 Å². The van der Waals surface area contributed by atoms with Crippen molar-refractivity contribution in [2.75, 3.05) is 13.2 Å². The molecule has 0 unspecified atom stereocenters. The van der Waals surface area contributed by atoms with Crippen LogP contribution in [0, 0.1) is 22.7 Å². The molecule has 15 atom stereocenters. The van der Waals surface area contributed by atoms with Gasteiger partial charge < -0.3 is 54.7 Å². The summed E-state index contributed by atoms with van der Waals surface area (Å²) < 4.78 is 24.0. The third-order valence-corrected chi connectivity index (χ3v) is 11.4. The van der Waals surface area contributed by atoms with Gasteiger partial charge in [-0.1, -0.05) is 44.1 Å². The smallest absolute Gasteiger partial charge is 0.187 e. The first-order chi connectivity index (χ1) is 20.2. The largest absolute Gasteiger partial charge is 0.394 e. The molecule has 0 aromatic rings. The predicted molar refractivity (Wildman–Crippen MR) is 156 cm³/mol. The third-order valence-electron chi connectivity index (χ3n) is 11.4. The summed E-state index contributed by atoms with van der Waals surface area (Å²) >= 11 is 0. The van der Waals surface area contributed by atoms with Crippen molar-refractivity contribution < 1.29 is 54.7 Å². The SMILES string of the molecule is CC1=CCC[C@@H]2[C@@](C)(CC/C(C)=C/CO)[C@H](C)C[C@H](O[C@@H]3O[C@@H](C)[C@H](O[C@@H]4O[C@H](CO)[C@@H](O)[C@H](O)[C@H]4O)[C@@H](O)[C@H]3O)[C@@]12C. The summed E-state index contributed by atoms with van der Waals surface area (Å²) in [7, 11) is 0. The van der Waals surface area contributed by atoms with E-state index in [9.17, 15) is 35.7 Å². The Bertz CT molecular complexity index is 1000. The summed E-state index contributed by atoms with van der Waals surface area (Å²) in [6.07, 6.45) is -5.01. The molecule has 7 N–H and O–H groups in total. The number of aliphatic hydroxyl groups is 7. The maximum absolute atomic E-state index is 11.2. The van der Waals surface area contributed by atoms with Gasteiger partial charge in [-0.3, -0.25) is 0 Å². The quantitative estimate of drug-likeness (QED) is 0.185. The minimum absolute atomic E-state index is 0.0257. The Morgan fingerprint density at radius 2 is 1.60 bits per heavy atom. The summed E-state index contributed by atoms with van der Waals surface area (Å²) in [5.74, 6) is 0.611. The van der Waals surface area contributed by atoms with Crippen molar-refractivity contribution in [2.45, 2.75) is 141 Å². The van der Waals surface area contributed by atoms with Gasteiger partial charge in [0.15, 0.2) is 12.6 Å². The minimum atomic E-state index is -1.65. The van der Waals surface area contributed by atoms with E-state index in [0.717, 1.165) is 32.1 Å². The fourth-order valence-corrected chi connectivity index (χ4v) is 8.08. The Labute approximate surface area is 255 Å². The van der Waals surface area contributed by atoms with E-state index in [1.807, 2.05) is 6.08 Å². The Balaban J connectivity index is 1.50. The summed E-state index contributed by atoms with van der Waals surface area (Å²) in [6, 6.07) is 0. The second kappa shape index (κ2) is 13.8. The van der Waals surface area contributed by atoms with Crippen molar-refractivity contribution in [2.24, 2.45) is 22.7 Å². The maximum atomic E-state index is 11.2. The highest BCUT2D eigenvalue weighted by molar-refractivity contribution is 5.24. The lowest BCUT2D eigenvalue weighted by molar-refractivity contribution is -0.364. The highest BCUT2D eigenvalue weighted by Crippen LogP contribution is 2.63. The van der Waals surface area contributed by atoms with Gasteiger partial charge in [-0.15, -0.1) is 0 Å². The molecular formula is C32H54O11. The van der Waals surface area contributed by atoms with Gasteiger partial charge in [-0.05, 0) is 70.1 Å². The molecule has 4 aliphatic rings. The van der Waals surface area contributed by atoms with Crippen LogP contribution in [0.25, 0.3) is 0 Å². The molecule has 0 spiro atoms. The van der Waals surface area contributed by atoms with Crippen LogP contribution in [0.4, 0.5) is 0 Å². The number of hydrogen-bond donors (Lipinski definition) is 7. The lowest BCUT2D eigenvalue weighted by atomic mass is 9.46. The average molecular weight is 615 g/mol. The molecular weight excluding hydrogens is 560 g/mol. The van der Waals surface area contributed by atoms with Crippen LogP contribution < -0.4 is 0 Å². The van der Waals surface area contributed by atoms with Gasteiger partial charge in [0.05, 0.1) is 25.4 Å². The van der Waals surface area contributed by atoms with Crippen LogP contribution in [0.3, 0.4) is 0 Å². The van der Waals surface area contributed by atoms with Crippen molar-refractivity contribution in [1.82, 2.24) is 0 Å². The van der Waals surface area contributed by atoms with Gasteiger partial charge in [-0.2, -0.15) is 0 Å². The summed E-state index contributed by atoms with van der Waals surface area (Å²) in [5.41, 5.74) is 2.13. The Morgan fingerprint density at radius 1 is 0.953 bits per heavy atom. The Morgan fingerprint density at radius 3 is 2.26 bits per heavy atom. The zero-order valence-electron chi connectivity index (χ0n) is 26.4. The van der Waals surface area contributed by atoms with Crippen LogP contribution in [0.5, 0.6) is 0 Å². The molecule has 1 saturated carbocycles. The van der Waals surface area contributed by atoms with E-state index in [-0.39, 0.29) is 23.5 Å². The Hall–Kier alpha value is -0.960. The number of hydrogen-bond acceptors (Lipinski definition) is 11. The van der Waals surface area contributed by atoms with Crippen molar-refractivity contribution in [3.05, 3.63) is 23.3 Å². The van der Waals surface area contributed by atoms with Crippen molar-refractivity contribution in [3.63, 3.8) is 0 Å². The van der Waals surface area contributed by atoms with Crippen LogP contribution in [-0.2, 0) is 18.9 Å². The third kappa shape index (κ3) is 6.51. The fraction of sp³-hybridized carbons (Fsp3) is 0.875. The molecule has 2 aliphatic heterocycles. The molecule has 0 radical (unpaired) electrons. The molecule has 43 heavy (non-hydrogen) atoms. The van der Waals surface area contributed by atoms with E-state index in [0.29, 0.717) is 11.8 Å². The van der Waals surface area contributed by atoms with Crippen molar-refractivity contribution >= 4 is 0 Å². The molecule has 0 amide bonds. The second-order valence-electron chi connectivity index (χ2n) is 13.8. The van der Waals surface area contributed by atoms with E-state index >= 15 is 0 Å². The molecule has 3 fully saturated rings. The molecule has 2 aliphatic carbocycles. The lowest BCUT2D eigenvalue weighted by Crippen LogP contribution is -2.65. The maximum Gasteiger partial charge on any atom is 0.187 e. The van der Waals surface area contributed by atoms with Gasteiger partial charge in [-0.25, -0.2) is 0 Å². The van der Waals surface area contributed by atoms with Crippen LogP contribution in [0.1, 0.15) is 73.6 Å². The zero-order chi connectivity index (χ0) is 31.9. The van der Waals surface area contributed by atoms with Crippen LogP contribution in [0.2, 0.25) is 0 Å². The molecule has 248 valence electrons. The molecule has 0 bridgehead atoms. The van der Waals surface area contributed by atoms with Gasteiger partial charge in [0, 0.05) is 5.41 Å². The first kappa shape index (κ1) is 34.9. The number of fused-ring (bicyclic) bond motifs is 1. The topological polar surface area (TPSA) is 179 Å². The van der Waals surface area contributed by atoms with Gasteiger partial charge in [0.25, 0.3) is 0 Å². The molecule has 2 heterocycles. The number of allylic oxidation sites excluding steroid dienone is 2. The van der Waals surface area contributed by atoms with E-state index in [1.165, 1.54) is 11.1 Å². The van der Waals surface area contributed by atoms with Crippen molar-refractivity contribution in [1.29, 1.82) is 0 Å². The molecule has 2 saturated heterocycles. The number of ether oxygens (including phenoxy) is 4. The van der Waals surface area contributed by atoms with Crippen LogP contribution in [-0.4, -0.2) is 116 Å². The summed E-state index contributed by atoms with van der Waals surface area (Å²) in [4.78, 5) is 0. The normalized spacial score (nSPS) is 49.4. The minimum Gasteiger partial charge on any atom is -0.394 e.